The van der Waals surface area contributed by atoms with E-state index in [0.29, 0.717) is 0 Å². The maximum atomic E-state index is 4.44. The monoisotopic (exact) mass is 278 g/mol. The molecule has 0 aliphatic heterocycles. The van der Waals surface area contributed by atoms with Crippen molar-refractivity contribution in [2.24, 2.45) is 4.99 Å². The Kier molecular flexibility index (Phi) is 5.77. The third-order valence-corrected chi connectivity index (χ3v) is 3.38. The quantitative estimate of drug-likeness (QED) is 0.683. The lowest BCUT2D eigenvalue weighted by Crippen LogP contribution is -2.21. The molecule has 0 fully saturated rings. The average molecular weight is 278 g/mol. The lowest BCUT2D eigenvalue weighted by molar-refractivity contribution is 0.866. The molecule has 0 aromatic heterocycles. The minimum Gasteiger partial charge on any atom is -0.372 e. The summed E-state index contributed by atoms with van der Waals surface area (Å²) in [5.74, 6) is 0. The number of anilines is 1. The molecule has 0 N–H and O–H groups in total. The number of benzene rings is 2. The molecule has 2 heteroatoms. The van der Waals surface area contributed by atoms with Gasteiger partial charge in [-0.25, -0.2) is 0 Å². The Bertz CT molecular complexity index is 579. The highest BCUT2D eigenvalue weighted by atomic mass is 15.1. The highest BCUT2D eigenvalue weighted by molar-refractivity contribution is 5.80. The van der Waals surface area contributed by atoms with Crippen molar-refractivity contribution in [2.45, 2.75) is 13.8 Å². The van der Waals surface area contributed by atoms with Crippen molar-refractivity contribution >= 4 is 23.7 Å². The molecule has 0 heterocycles. The van der Waals surface area contributed by atoms with Gasteiger partial charge < -0.3 is 4.90 Å². The summed E-state index contributed by atoms with van der Waals surface area (Å²) < 4.78 is 0. The first-order valence-electron chi connectivity index (χ1n) is 7.44. The second-order valence-corrected chi connectivity index (χ2v) is 4.74. The number of allylic oxidation sites excluding steroid dienone is 1. The zero-order valence-corrected chi connectivity index (χ0v) is 12.7. The van der Waals surface area contributed by atoms with Gasteiger partial charge in [-0.15, -0.1) is 0 Å². The van der Waals surface area contributed by atoms with Gasteiger partial charge in [-0.2, -0.15) is 0 Å². The van der Waals surface area contributed by atoms with Crippen molar-refractivity contribution < 1.29 is 0 Å². The molecule has 0 saturated heterocycles. The van der Waals surface area contributed by atoms with Gasteiger partial charge in [0.05, 0.1) is 5.69 Å². The fourth-order valence-electron chi connectivity index (χ4n) is 2.19. The van der Waals surface area contributed by atoms with Crippen LogP contribution in [-0.4, -0.2) is 19.3 Å². The molecule has 0 radical (unpaired) electrons. The Morgan fingerprint density at radius 1 is 0.905 bits per heavy atom. The summed E-state index contributed by atoms with van der Waals surface area (Å²) in [4.78, 5) is 6.77. The van der Waals surface area contributed by atoms with Crippen molar-refractivity contribution in [3.8, 4) is 0 Å². The molecule has 0 amide bonds. The van der Waals surface area contributed by atoms with Crippen molar-refractivity contribution in [3.63, 3.8) is 0 Å². The fourth-order valence-corrected chi connectivity index (χ4v) is 2.19. The Hall–Kier alpha value is -2.35. The van der Waals surface area contributed by atoms with Crippen LogP contribution in [0.4, 0.5) is 11.4 Å². The summed E-state index contributed by atoms with van der Waals surface area (Å²) in [5.41, 5.74) is 3.41. The third kappa shape index (κ3) is 4.60. The van der Waals surface area contributed by atoms with Crippen LogP contribution < -0.4 is 4.90 Å². The van der Waals surface area contributed by atoms with Crippen LogP contribution in [0.25, 0.3) is 6.08 Å². The van der Waals surface area contributed by atoms with Gasteiger partial charge in [0.1, 0.15) is 0 Å². The number of rotatable bonds is 6. The molecule has 0 spiro atoms. The van der Waals surface area contributed by atoms with E-state index < -0.39 is 0 Å². The van der Waals surface area contributed by atoms with E-state index in [-0.39, 0.29) is 0 Å². The maximum absolute atomic E-state index is 4.44. The van der Waals surface area contributed by atoms with Crippen LogP contribution in [0.2, 0.25) is 0 Å². The van der Waals surface area contributed by atoms with Crippen molar-refractivity contribution in [3.05, 3.63) is 66.2 Å². The van der Waals surface area contributed by atoms with Gasteiger partial charge in [0.15, 0.2) is 0 Å². The smallest absolute Gasteiger partial charge is 0.0631 e. The molecule has 2 aromatic carbocycles. The largest absolute Gasteiger partial charge is 0.372 e. The Morgan fingerprint density at radius 2 is 1.57 bits per heavy atom. The predicted molar refractivity (Wildman–Crippen MR) is 93.6 cm³/mol. The molecule has 2 rings (SSSR count). The second kappa shape index (κ2) is 8.05. The van der Waals surface area contributed by atoms with E-state index >= 15 is 0 Å². The second-order valence-electron chi connectivity index (χ2n) is 4.74. The average Bonchev–Trinajstić information content (AvgIpc) is 2.55. The van der Waals surface area contributed by atoms with E-state index in [1.807, 2.05) is 36.6 Å². The number of aliphatic imine (C=N–C) groups is 1. The van der Waals surface area contributed by atoms with Gasteiger partial charge in [0.2, 0.25) is 0 Å². The topological polar surface area (TPSA) is 15.6 Å². The summed E-state index contributed by atoms with van der Waals surface area (Å²) in [5, 5.41) is 0. The summed E-state index contributed by atoms with van der Waals surface area (Å²) in [6, 6.07) is 18.6. The SMILES string of the molecule is CCN(CC)c1ccc(N=C/C=C/c2ccccc2)cc1. The van der Waals surface area contributed by atoms with Crippen molar-refractivity contribution in [1.82, 2.24) is 0 Å². The first kappa shape index (κ1) is 15.0. The van der Waals surface area contributed by atoms with Crippen LogP contribution >= 0.6 is 0 Å². The molecule has 0 saturated carbocycles. The van der Waals surface area contributed by atoms with Gasteiger partial charge in [0, 0.05) is 25.0 Å². The first-order chi connectivity index (χ1) is 10.3. The summed E-state index contributed by atoms with van der Waals surface area (Å²) in [6.07, 6.45) is 5.85. The Balaban J connectivity index is 1.97. The zero-order chi connectivity index (χ0) is 14.9. The van der Waals surface area contributed by atoms with Crippen LogP contribution in [0.1, 0.15) is 19.4 Å². The van der Waals surface area contributed by atoms with Crippen LogP contribution in [0.15, 0.2) is 65.7 Å². The Morgan fingerprint density at radius 3 is 2.19 bits per heavy atom. The minimum absolute atomic E-state index is 0.976. The lowest BCUT2D eigenvalue weighted by atomic mass is 10.2. The van der Waals surface area contributed by atoms with Gasteiger partial charge in [-0.1, -0.05) is 36.4 Å². The van der Waals surface area contributed by atoms with Gasteiger partial charge in [-0.05, 0) is 49.8 Å². The van der Waals surface area contributed by atoms with Crippen LogP contribution in [-0.2, 0) is 0 Å². The van der Waals surface area contributed by atoms with Gasteiger partial charge >= 0.3 is 0 Å². The molecule has 0 aliphatic carbocycles. The molecular formula is C19H22N2. The number of hydrogen-bond donors (Lipinski definition) is 0. The summed E-state index contributed by atoms with van der Waals surface area (Å²) in [7, 11) is 0. The molecule has 0 bridgehead atoms. The molecular weight excluding hydrogens is 256 g/mol. The van der Waals surface area contributed by atoms with Gasteiger partial charge in [0.25, 0.3) is 0 Å². The van der Waals surface area contributed by atoms with Crippen LogP contribution in [0.5, 0.6) is 0 Å². The molecule has 0 atom stereocenters. The summed E-state index contributed by atoms with van der Waals surface area (Å²) >= 11 is 0. The molecule has 0 unspecified atom stereocenters. The van der Waals surface area contributed by atoms with Crippen molar-refractivity contribution in [2.75, 3.05) is 18.0 Å². The molecule has 0 aliphatic rings. The predicted octanol–water partition coefficient (Wildman–Crippen LogP) is 4.95. The third-order valence-electron chi connectivity index (χ3n) is 3.38. The normalized spacial score (nSPS) is 11.3. The molecule has 108 valence electrons. The van der Waals surface area contributed by atoms with E-state index in [1.54, 1.807) is 0 Å². The standard InChI is InChI=1S/C19H22N2/c1-3-21(4-2)19-14-12-18(13-15-19)20-16-8-11-17-9-6-5-7-10-17/h5-16H,3-4H2,1-2H3/b11-8+,20-16?. The maximum Gasteiger partial charge on any atom is 0.0631 e. The zero-order valence-electron chi connectivity index (χ0n) is 12.7. The van der Waals surface area contributed by atoms with E-state index in [0.717, 1.165) is 18.8 Å². The Labute approximate surface area is 127 Å². The van der Waals surface area contributed by atoms with Crippen LogP contribution in [0.3, 0.4) is 0 Å². The van der Waals surface area contributed by atoms with E-state index in [9.17, 15) is 0 Å². The van der Waals surface area contributed by atoms with Crippen LogP contribution in [0, 0.1) is 0 Å². The molecule has 2 aromatic rings. The lowest BCUT2D eigenvalue weighted by Gasteiger charge is -2.20. The highest BCUT2D eigenvalue weighted by Gasteiger charge is 2.00. The number of hydrogen-bond acceptors (Lipinski definition) is 2. The minimum atomic E-state index is 0.976. The summed E-state index contributed by atoms with van der Waals surface area (Å²) in [6.45, 7) is 6.39. The van der Waals surface area contributed by atoms with Crippen molar-refractivity contribution in [1.29, 1.82) is 0 Å². The number of nitrogens with zero attached hydrogens (tertiary/aromatic N) is 2. The van der Waals surface area contributed by atoms with E-state index in [4.69, 9.17) is 0 Å². The van der Waals surface area contributed by atoms with E-state index in [2.05, 4.69) is 60.1 Å². The van der Waals surface area contributed by atoms with Gasteiger partial charge in [-0.3, -0.25) is 4.99 Å². The molecule has 2 nitrogen and oxygen atoms in total. The highest BCUT2D eigenvalue weighted by Crippen LogP contribution is 2.19. The molecule has 21 heavy (non-hydrogen) atoms. The fraction of sp³-hybridized carbons (Fsp3) is 0.211. The first-order valence-corrected chi connectivity index (χ1v) is 7.44. The van der Waals surface area contributed by atoms with E-state index in [1.165, 1.54) is 11.3 Å².